The lowest BCUT2D eigenvalue weighted by Crippen LogP contribution is -2.35. The molecule has 1 aromatic carbocycles. The lowest BCUT2D eigenvalue weighted by molar-refractivity contribution is 0.399. The first kappa shape index (κ1) is 11.5. The fourth-order valence-electron chi connectivity index (χ4n) is 3.99. The van der Waals surface area contributed by atoms with Crippen molar-refractivity contribution in [2.75, 3.05) is 6.54 Å². The largest absolute Gasteiger partial charge is 0.344 e. The normalized spacial score (nSPS) is 22.3. The first-order valence-electron chi connectivity index (χ1n) is 7.67. The molecular formula is C17H22N2. The van der Waals surface area contributed by atoms with Gasteiger partial charge in [-0.1, -0.05) is 24.6 Å². The molecule has 1 unspecified atom stereocenters. The number of para-hydroxylation sites is 1. The summed E-state index contributed by atoms with van der Waals surface area (Å²) < 4.78 is 2.54. The molecule has 0 spiro atoms. The van der Waals surface area contributed by atoms with Crippen LogP contribution in [0.15, 0.2) is 18.2 Å². The Morgan fingerprint density at radius 2 is 2.26 bits per heavy atom. The zero-order chi connectivity index (χ0) is 12.8. The average molecular weight is 254 g/mol. The zero-order valence-corrected chi connectivity index (χ0v) is 11.7. The van der Waals surface area contributed by atoms with E-state index in [-0.39, 0.29) is 0 Å². The van der Waals surface area contributed by atoms with Crippen LogP contribution in [0, 0.1) is 6.92 Å². The Kier molecular flexibility index (Phi) is 2.66. The Morgan fingerprint density at radius 3 is 3.11 bits per heavy atom. The van der Waals surface area contributed by atoms with Gasteiger partial charge in [-0.25, -0.2) is 0 Å². The van der Waals surface area contributed by atoms with Crippen LogP contribution in [0.4, 0.5) is 0 Å². The summed E-state index contributed by atoms with van der Waals surface area (Å²) in [5, 5.41) is 5.21. The molecule has 1 aromatic heterocycles. The smallest absolute Gasteiger partial charge is 0.0518 e. The molecule has 0 amide bonds. The van der Waals surface area contributed by atoms with Crippen molar-refractivity contribution in [3.05, 3.63) is 35.0 Å². The van der Waals surface area contributed by atoms with Gasteiger partial charge in [0.1, 0.15) is 0 Å². The minimum Gasteiger partial charge on any atom is -0.344 e. The van der Waals surface area contributed by atoms with Crippen molar-refractivity contribution in [1.29, 1.82) is 0 Å². The van der Waals surface area contributed by atoms with E-state index in [0.717, 1.165) is 0 Å². The molecule has 0 radical (unpaired) electrons. The third-order valence-corrected chi connectivity index (χ3v) is 5.02. The van der Waals surface area contributed by atoms with E-state index in [1.54, 1.807) is 11.1 Å². The van der Waals surface area contributed by atoms with Crippen molar-refractivity contribution in [2.45, 2.75) is 51.6 Å². The molecule has 1 saturated heterocycles. The van der Waals surface area contributed by atoms with Crippen LogP contribution >= 0.6 is 0 Å². The highest BCUT2D eigenvalue weighted by molar-refractivity contribution is 5.89. The summed E-state index contributed by atoms with van der Waals surface area (Å²) in [6, 6.07) is 7.55. The molecule has 1 atom stereocenters. The van der Waals surface area contributed by atoms with Gasteiger partial charge < -0.3 is 9.88 Å². The van der Waals surface area contributed by atoms with Crippen molar-refractivity contribution in [3.63, 3.8) is 0 Å². The number of piperidine rings is 1. The molecule has 0 saturated carbocycles. The summed E-state index contributed by atoms with van der Waals surface area (Å²) in [5.74, 6) is 0. The first-order chi connectivity index (χ1) is 9.34. The first-order valence-corrected chi connectivity index (χ1v) is 7.67. The van der Waals surface area contributed by atoms with Crippen LogP contribution in [0.3, 0.4) is 0 Å². The summed E-state index contributed by atoms with van der Waals surface area (Å²) in [7, 11) is 0. The molecule has 1 N–H and O–H groups in total. The molecule has 2 aliphatic heterocycles. The maximum Gasteiger partial charge on any atom is 0.0518 e. The third kappa shape index (κ3) is 1.73. The van der Waals surface area contributed by atoms with Gasteiger partial charge in [-0.2, -0.15) is 0 Å². The molecule has 0 bridgehead atoms. The van der Waals surface area contributed by atoms with Crippen LogP contribution < -0.4 is 5.32 Å². The van der Waals surface area contributed by atoms with Gasteiger partial charge in [-0.15, -0.1) is 0 Å². The minimum atomic E-state index is 0.689. The maximum atomic E-state index is 3.69. The molecule has 1 fully saturated rings. The lowest BCUT2D eigenvalue weighted by Gasteiger charge is -2.23. The van der Waals surface area contributed by atoms with E-state index in [1.807, 2.05) is 0 Å². The SMILES string of the molecule is Cc1c(CC2CCCCN2)c2cccc3c2n1CC3. The number of hydrogen-bond donors (Lipinski definition) is 1. The van der Waals surface area contributed by atoms with Gasteiger partial charge in [0.15, 0.2) is 0 Å². The molecule has 2 heteroatoms. The Hall–Kier alpha value is -1.28. The van der Waals surface area contributed by atoms with Gasteiger partial charge in [0.2, 0.25) is 0 Å². The molecule has 0 aliphatic carbocycles. The van der Waals surface area contributed by atoms with Gasteiger partial charge in [-0.05, 0) is 50.3 Å². The Balaban J connectivity index is 1.77. The van der Waals surface area contributed by atoms with Gasteiger partial charge in [0.25, 0.3) is 0 Å². The summed E-state index contributed by atoms with van der Waals surface area (Å²) in [5.41, 5.74) is 6.16. The van der Waals surface area contributed by atoms with E-state index in [1.165, 1.54) is 61.8 Å². The average Bonchev–Trinajstić information content (AvgIpc) is 2.99. The molecule has 3 heterocycles. The number of rotatable bonds is 2. The Morgan fingerprint density at radius 1 is 1.32 bits per heavy atom. The summed E-state index contributed by atoms with van der Waals surface area (Å²) >= 11 is 0. The van der Waals surface area contributed by atoms with Gasteiger partial charge in [-0.3, -0.25) is 0 Å². The molecule has 2 nitrogen and oxygen atoms in total. The summed E-state index contributed by atoms with van der Waals surface area (Å²) in [4.78, 5) is 0. The fourth-order valence-corrected chi connectivity index (χ4v) is 3.99. The number of nitrogens with one attached hydrogen (secondary N) is 1. The van der Waals surface area contributed by atoms with Crippen LogP contribution in [-0.4, -0.2) is 17.2 Å². The molecule has 4 rings (SSSR count). The van der Waals surface area contributed by atoms with E-state index in [0.29, 0.717) is 6.04 Å². The molecule has 100 valence electrons. The van der Waals surface area contributed by atoms with Gasteiger partial charge in [0, 0.05) is 23.7 Å². The number of hydrogen-bond acceptors (Lipinski definition) is 1. The quantitative estimate of drug-likeness (QED) is 0.871. The van der Waals surface area contributed by atoms with Crippen LogP contribution in [-0.2, 0) is 19.4 Å². The predicted octanol–water partition coefficient (Wildman–Crippen LogP) is 3.19. The molecule has 2 aliphatic rings. The number of aryl methyl sites for hydroxylation is 2. The van der Waals surface area contributed by atoms with E-state index >= 15 is 0 Å². The number of nitrogens with zero attached hydrogens (tertiary/aromatic N) is 1. The van der Waals surface area contributed by atoms with Crippen LogP contribution in [0.5, 0.6) is 0 Å². The molecule has 19 heavy (non-hydrogen) atoms. The molecule has 2 aromatic rings. The van der Waals surface area contributed by atoms with Crippen molar-refractivity contribution in [2.24, 2.45) is 0 Å². The van der Waals surface area contributed by atoms with Gasteiger partial charge >= 0.3 is 0 Å². The Labute approximate surface area is 114 Å². The monoisotopic (exact) mass is 254 g/mol. The van der Waals surface area contributed by atoms with E-state index < -0.39 is 0 Å². The van der Waals surface area contributed by atoms with Crippen molar-refractivity contribution >= 4 is 10.9 Å². The van der Waals surface area contributed by atoms with Crippen LogP contribution in [0.1, 0.15) is 36.1 Å². The summed E-state index contributed by atoms with van der Waals surface area (Å²) in [6.45, 7) is 4.70. The lowest BCUT2D eigenvalue weighted by atomic mass is 9.95. The molecular weight excluding hydrogens is 232 g/mol. The second-order valence-electron chi connectivity index (χ2n) is 6.13. The summed E-state index contributed by atoms with van der Waals surface area (Å²) in [6.07, 6.45) is 6.50. The second kappa shape index (κ2) is 4.38. The van der Waals surface area contributed by atoms with E-state index in [4.69, 9.17) is 0 Å². The second-order valence-corrected chi connectivity index (χ2v) is 6.13. The van der Waals surface area contributed by atoms with E-state index in [9.17, 15) is 0 Å². The minimum absolute atomic E-state index is 0.689. The van der Waals surface area contributed by atoms with E-state index in [2.05, 4.69) is 35.0 Å². The van der Waals surface area contributed by atoms with Gasteiger partial charge in [0.05, 0.1) is 5.52 Å². The third-order valence-electron chi connectivity index (χ3n) is 5.02. The Bertz CT molecular complexity index is 618. The highest BCUT2D eigenvalue weighted by Crippen LogP contribution is 2.34. The van der Waals surface area contributed by atoms with Crippen molar-refractivity contribution in [3.8, 4) is 0 Å². The van der Waals surface area contributed by atoms with Crippen molar-refractivity contribution in [1.82, 2.24) is 9.88 Å². The topological polar surface area (TPSA) is 17.0 Å². The number of benzene rings is 1. The van der Waals surface area contributed by atoms with Crippen LogP contribution in [0.2, 0.25) is 0 Å². The highest BCUT2D eigenvalue weighted by Gasteiger charge is 2.23. The van der Waals surface area contributed by atoms with Crippen molar-refractivity contribution < 1.29 is 0 Å². The zero-order valence-electron chi connectivity index (χ0n) is 11.7. The standard InChI is InChI=1S/C17H22N2/c1-12-16(11-14-6-2-3-9-18-14)15-7-4-5-13-8-10-19(12)17(13)15/h4-5,7,14,18H,2-3,6,8-11H2,1H3. The highest BCUT2D eigenvalue weighted by atomic mass is 15.0. The van der Waals surface area contributed by atoms with Crippen LogP contribution in [0.25, 0.3) is 10.9 Å². The predicted molar refractivity (Wildman–Crippen MR) is 79.7 cm³/mol. The number of aromatic nitrogens is 1. The fraction of sp³-hybridized carbons (Fsp3) is 0.529. The maximum absolute atomic E-state index is 3.69.